The molecule has 0 saturated heterocycles. The number of nitrogens with zero attached hydrogens (tertiary/aromatic N) is 2. The van der Waals surface area contributed by atoms with Gasteiger partial charge in [0.2, 0.25) is 5.69 Å². The molecule has 0 fully saturated rings. The Morgan fingerprint density at radius 3 is 2.07 bits per heavy atom. The molecule has 0 atom stereocenters. The Labute approximate surface area is 246 Å². The van der Waals surface area contributed by atoms with Gasteiger partial charge in [0.05, 0.1) is 23.3 Å². The van der Waals surface area contributed by atoms with Crippen LogP contribution in [0.25, 0.3) is 87.3 Å². The number of rotatable bonds is 2. The largest absolute Gasteiger partial charge is 0.465 e. The Kier molecular flexibility index (Phi) is 4.78. The first-order valence-corrected chi connectivity index (χ1v) is 14.4. The van der Waals surface area contributed by atoms with E-state index >= 15 is 0 Å². The van der Waals surface area contributed by atoms with Gasteiger partial charge in [0, 0.05) is 32.3 Å². The fourth-order valence-corrected chi connectivity index (χ4v) is 6.78. The number of hydrogen-bond acceptors (Lipinski definition) is 2. The van der Waals surface area contributed by atoms with Crippen LogP contribution in [0.5, 0.6) is 0 Å². The maximum Gasteiger partial charge on any atom is 0.229 e. The topological polar surface area (TPSA) is 35.6 Å². The number of furan rings is 2. The molecule has 3 aromatic heterocycles. The second-order valence-corrected chi connectivity index (χ2v) is 11.4. The average Bonchev–Trinajstić information content (AvgIpc) is 3.70. The molecule has 0 radical (unpaired) electrons. The molecule has 0 N–H and O–H groups in total. The molecule has 0 saturated carbocycles. The van der Waals surface area contributed by atoms with Crippen molar-refractivity contribution in [3.8, 4) is 16.8 Å². The van der Waals surface area contributed by atoms with Gasteiger partial charge >= 0.3 is 0 Å². The van der Waals surface area contributed by atoms with Crippen LogP contribution in [-0.2, 0) is 0 Å². The molecule has 0 spiro atoms. The van der Waals surface area contributed by atoms with Gasteiger partial charge in [-0.2, -0.15) is 0 Å². The van der Waals surface area contributed by atoms with Gasteiger partial charge in [-0.15, -0.1) is 0 Å². The van der Waals surface area contributed by atoms with E-state index in [9.17, 15) is 0 Å². The second kappa shape index (κ2) is 8.61. The highest BCUT2D eigenvalue weighted by atomic mass is 16.3. The van der Waals surface area contributed by atoms with Crippen molar-refractivity contribution in [2.24, 2.45) is 0 Å². The first-order valence-electron chi connectivity index (χ1n) is 14.4. The minimum Gasteiger partial charge on any atom is -0.465 e. The lowest BCUT2D eigenvalue weighted by Crippen LogP contribution is -1.94. The summed E-state index contributed by atoms with van der Waals surface area (Å²) in [6, 6.07) is 37.9. The molecule has 9 rings (SSSR count). The van der Waals surface area contributed by atoms with Gasteiger partial charge in [-0.1, -0.05) is 71.8 Å². The van der Waals surface area contributed by atoms with Crippen molar-refractivity contribution in [3.63, 3.8) is 0 Å². The van der Waals surface area contributed by atoms with Crippen molar-refractivity contribution in [3.05, 3.63) is 132 Å². The first-order chi connectivity index (χ1) is 21.1. The van der Waals surface area contributed by atoms with Crippen LogP contribution in [0, 0.1) is 20.4 Å². The number of para-hydroxylation sites is 2. The summed E-state index contributed by atoms with van der Waals surface area (Å²) in [6.45, 7) is 12.2. The maximum absolute atomic E-state index is 7.94. The molecule has 0 aliphatic carbocycles. The summed E-state index contributed by atoms with van der Waals surface area (Å²) >= 11 is 0. The lowest BCUT2D eigenvalue weighted by Gasteiger charge is -2.09. The van der Waals surface area contributed by atoms with Crippen molar-refractivity contribution in [1.82, 2.24) is 4.57 Å². The number of benzene rings is 6. The molecular weight excluding hydrogens is 528 g/mol. The molecule has 0 unspecified atom stereocenters. The van der Waals surface area contributed by atoms with E-state index in [0.29, 0.717) is 11.3 Å². The zero-order chi connectivity index (χ0) is 28.8. The SMILES string of the molecule is [C-]#[N+]c1ccc(-c2ccc3c(c2)oc2ccccc23)c2c1oc1c(-n3c4ccc(C)cc4c4cc(C)ccc43)cccc12. The van der Waals surface area contributed by atoms with Gasteiger partial charge in [-0.05, 0) is 73.5 Å². The van der Waals surface area contributed by atoms with Crippen LogP contribution in [0.3, 0.4) is 0 Å². The summed E-state index contributed by atoms with van der Waals surface area (Å²) in [6.07, 6.45) is 0. The van der Waals surface area contributed by atoms with E-state index in [1.807, 2.05) is 30.3 Å². The highest BCUT2D eigenvalue weighted by Gasteiger charge is 2.21. The smallest absolute Gasteiger partial charge is 0.229 e. The Morgan fingerprint density at radius 2 is 1.30 bits per heavy atom. The van der Waals surface area contributed by atoms with Crippen LogP contribution in [-0.4, -0.2) is 4.57 Å². The van der Waals surface area contributed by atoms with Gasteiger partial charge < -0.3 is 13.4 Å². The van der Waals surface area contributed by atoms with Crippen LogP contribution in [0.15, 0.2) is 118 Å². The third-order valence-corrected chi connectivity index (χ3v) is 8.73. The monoisotopic (exact) mass is 552 g/mol. The molecule has 0 aliphatic heterocycles. The quantitative estimate of drug-likeness (QED) is 0.200. The Balaban J connectivity index is 1.36. The van der Waals surface area contributed by atoms with Crippen LogP contribution >= 0.6 is 0 Å². The van der Waals surface area contributed by atoms with E-state index in [2.05, 4.69) is 102 Å². The number of aromatic nitrogens is 1. The standard InChI is InChI=1S/C39H24N2O2/c1-22-11-17-32-29(19-22)30-20-23(2)12-18-33(30)41(32)34-9-6-8-28-37-25(15-16-31(40-3)39(37)43-38(28)34)24-13-14-27-26-7-4-5-10-35(26)42-36(27)21-24/h4-21H,1-2H3. The van der Waals surface area contributed by atoms with Gasteiger partial charge in [0.15, 0.2) is 5.58 Å². The third-order valence-electron chi connectivity index (χ3n) is 8.73. The van der Waals surface area contributed by atoms with Gasteiger partial charge in [-0.3, -0.25) is 0 Å². The van der Waals surface area contributed by atoms with Crippen molar-refractivity contribution >= 4 is 71.4 Å². The third kappa shape index (κ3) is 3.31. The number of hydrogen-bond donors (Lipinski definition) is 0. The maximum atomic E-state index is 7.94. The van der Waals surface area contributed by atoms with E-state index in [0.717, 1.165) is 66.1 Å². The van der Waals surface area contributed by atoms with E-state index in [4.69, 9.17) is 15.4 Å². The van der Waals surface area contributed by atoms with E-state index in [1.165, 1.54) is 21.9 Å². The summed E-state index contributed by atoms with van der Waals surface area (Å²) < 4.78 is 15.2. The van der Waals surface area contributed by atoms with Crippen LogP contribution in [0.4, 0.5) is 5.69 Å². The molecule has 4 heteroatoms. The van der Waals surface area contributed by atoms with Gasteiger partial charge in [0.1, 0.15) is 16.7 Å². The zero-order valence-corrected chi connectivity index (χ0v) is 23.6. The highest BCUT2D eigenvalue weighted by Crippen LogP contribution is 2.45. The van der Waals surface area contributed by atoms with Crippen molar-refractivity contribution < 1.29 is 8.83 Å². The molecule has 9 aromatic rings. The van der Waals surface area contributed by atoms with E-state index in [-0.39, 0.29) is 0 Å². The molecule has 0 aliphatic rings. The lowest BCUT2D eigenvalue weighted by atomic mass is 9.97. The molecule has 4 nitrogen and oxygen atoms in total. The fraction of sp³-hybridized carbons (Fsp3) is 0.0513. The van der Waals surface area contributed by atoms with Crippen molar-refractivity contribution in [1.29, 1.82) is 0 Å². The molecule has 0 bridgehead atoms. The first kappa shape index (κ1) is 23.9. The summed E-state index contributed by atoms with van der Waals surface area (Å²) in [5, 5.41) is 6.54. The average molecular weight is 553 g/mol. The normalized spacial score (nSPS) is 11.9. The van der Waals surface area contributed by atoms with Crippen LogP contribution < -0.4 is 0 Å². The molecule has 0 amide bonds. The summed E-state index contributed by atoms with van der Waals surface area (Å²) in [4.78, 5) is 3.85. The number of aryl methyl sites for hydroxylation is 2. The molecule has 202 valence electrons. The van der Waals surface area contributed by atoms with Gasteiger partial charge in [-0.25, -0.2) is 4.85 Å². The number of fused-ring (bicyclic) bond motifs is 9. The lowest BCUT2D eigenvalue weighted by molar-refractivity contribution is 0.668. The zero-order valence-electron chi connectivity index (χ0n) is 23.6. The van der Waals surface area contributed by atoms with Crippen molar-refractivity contribution in [2.45, 2.75) is 13.8 Å². The Bertz CT molecular complexity index is 2600. The van der Waals surface area contributed by atoms with Crippen molar-refractivity contribution in [2.75, 3.05) is 0 Å². The fourth-order valence-electron chi connectivity index (χ4n) is 6.78. The summed E-state index contributed by atoms with van der Waals surface area (Å²) in [5.74, 6) is 0. The molecule has 43 heavy (non-hydrogen) atoms. The van der Waals surface area contributed by atoms with E-state index < -0.39 is 0 Å². The molecule has 3 heterocycles. The van der Waals surface area contributed by atoms with Crippen LogP contribution in [0.2, 0.25) is 0 Å². The Hall–Kier alpha value is -5.79. The Morgan fingerprint density at radius 1 is 0.581 bits per heavy atom. The predicted molar refractivity (Wildman–Crippen MR) is 177 cm³/mol. The summed E-state index contributed by atoms with van der Waals surface area (Å²) in [7, 11) is 0. The van der Waals surface area contributed by atoms with Crippen LogP contribution in [0.1, 0.15) is 11.1 Å². The van der Waals surface area contributed by atoms with Gasteiger partial charge in [0.25, 0.3) is 0 Å². The minimum absolute atomic E-state index is 0.499. The highest BCUT2D eigenvalue weighted by molar-refractivity contribution is 6.19. The molecule has 6 aromatic carbocycles. The predicted octanol–water partition coefficient (Wildman–Crippen LogP) is 11.4. The minimum atomic E-state index is 0.499. The summed E-state index contributed by atoms with van der Waals surface area (Å²) in [5.41, 5.74) is 11.3. The van der Waals surface area contributed by atoms with E-state index in [1.54, 1.807) is 0 Å². The molecular formula is C39H24N2O2. The second-order valence-electron chi connectivity index (χ2n) is 11.4.